The zero-order valence-corrected chi connectivity index (χ0v) is 15.1. The largest absolute Gasteiger partial charge is 0.367 e. The van der Waals surface area contributed by atoms with Gasteiger partial charge >= 0.3 is 0 Å². The lowest BCUT2D eigenvalue weighted by molar-refractivity contribution is -0.123. The highest BCUT2D eigenvalue weighted by molar-refractivity contribution is 5.98. The molecule has 1 amide bonds. The Hall–Kier alpha value is -2.40. The summed E-state index contributed by atoms with van der Waals surface area (Å²) in [6.45, 7) is 5.73. The van der Waals surface area contributed by atoms with E-state index in [1.165, 1.54) is 11.6 Å². The lowest BCUT2D eigenvalue weighted by Gasteiger charge is -2.39. The van der Waals surface area contributed by atoms with E-state index in [0.717, 1.165) is 44.8 Å². The summed E-state index contributed by atoms with van der Waals surface area (Å²) in [5.74, 6) is -0.0203. The van der Waals surface area contributed by atoms with Crippen LogP contribution in [0.2, 0.25) is 0 Å². The number of nitrogens with zero attached hydrogens (tertiary/aromatic N) is 3. The van der Waals surface area contributed by atoms with Gasteiger partial charge in [0.25, 0.3) is 0 Å². The van der Waals surface area contributed by atoms with Crippen LogP contribution in [0, 0.1) is 5.82 Å². The molecule has 0 radical (unpaired) electrons. The van der Waals surface area contributed by atoms with Crippen LogP contribution in [0.1, 0.15) is 12.5 Å². The van der Waals surface area contributed by atoms with Gasteiger partial charge in [0.2, 0.25) is 5.91 Å². The smallest absolute Gasteiger partial charge is 0.244 e. The van der Waals surface area contributed by atoms with Crippen LogP contribution in [0.25, 0.3) is 0 Å². The Morgan fingerprint density at radius 3 is 2.31 bits per heavy atom. The minimum absolute atomic E-state index is 0.161. The van der Waals surface area contributed by atoms with Gasteiger partial charge in [0.05, 0.1) is 11.7 Å². The fraction of sp³-hybridized carbons (Fsp3) is 0.381. The number of carbonyl (C=O) groups excluding carboxylic acids is 1. The van der Waals surface area contributed by atoms with Crippen molar-refractivity contribution in [2.45, 2.75) is 19.4 Å². The molecular formula is C21H24FN3O. The van der Waals surface area contributed by atoms with E-state index >= 15 is 0 Å². The molecule has 2 aromatic rings. The average Bonchev–Trinajstić information content (AvgIpc) is 3.11. The molecule has 26 heavy (non-hydrogen) atoms. The molecule has 1 saturated heterocycles. The van der Waals surface area contributed by atoms with Crippen molar-refractivity contribution in [1.29, 1.82) is 0 Å². The van der Waals surface area contributed by atoms with Crippen LogP contribution in [-0.2, 0) is 11.2 Å². The van der Waals surface area contributed by atoms with E-state index in [-0.39, 0.29) is 17.8 Å². The zero-order valence-electron chi connectivity index (χ0n) is 15.1. The lowest BCUT2D eigenvalue weighted by Crippen LogP contribution is -2.54. The summed E-state index contributed by atoms with van der Waals surface area (Å²) in [6, 6.07) is 14.9. The number of hydrogen-bond acceptors (Lipinski definition) is 3. The maximum Gasteiger partial charge on any atom is 0.244 e. The summed E-state index contributed by atoms with van der Waals surface area (Å²) in [4.78, 5) is 19.2. The predicted molar refractivity (Wildman–Crippen MR) is 102 cm³/mol. The average molecular weight is 353 g/mol. The predicted octanol–water partition coefficient (Wildman–Crippen LogP) is 2.93. The van der Waals surface area contributed by atoms with E-state index in [2.05, 4.69) is 15.9 Å². The number of hydrogen-bond donors (Lipinski definition) is 0. The molecule has 0 spiro atoms. The Morgan fingerprint density at radius 1 is 0.923 bits per heavy atom. The Kier molecular flexibility index (Phi) is 4.64. The SMILES string of the molecule is CC(C(=O)N1CCc2ccccc21)N1CCN(c2ccccc2F)CC1. The van der Waals surface area contributed by atoms with Gasteiger partial charge in [-0.2, -0.15) is 0 Å². The topological polar surface area (TPSA) is 26.8 Å². The zero-order chi connectivity index (χ0) is 18.1. The summed E-state index contributed by atoms with van der Waals surface area (Å²) in [5.41, 5.74) is 2.95. The first-order chi connectivity index (χ1) is 12.6. The number of amides is 1. The Morgan fingerprint density at radius 2 is 1.58 bits per heavy atom. The standard InChI is InChI=1S/C21H24FN3O/c1-16(21(26)25-11-10-17-6-2-4-8-19(17)25)23-12-14-24(15-13-23)20-9-5-3-7-18(20)22/h2-9,16H,10-15H2,1H3. The van der Waals surface area contributed by atoms with E-state index < -0.39 is 0 Å². The molecule has 4 nitrogen and oxygen atoms in total. The molecule has 0 N–H and O–H groups in total. The number of piperazine rings is 1. The number of rotatable bonds is 3. The second-order valence-electron chi connectivity index (χ2n) is 7.02. The first-order valence-electron chi connectivity index (χ1n) is 9.28. The molecule has 0 aromatic heterocycles. The molecule has 4 rings (SSSR count). The Labute approximate surface area is 153 Å². The van der Waals surface area contributed by atoms with Crippen molar-refractivity contribution >= 4 is 17.3 Å². The molecule has 136 valence electrons. The van der Waals surface area contributed by atoms with E-state index in [0.29, 0.717) is 5.69 Å². The summed E-state index contributed by atoms with van der Waals surface area (Å²) in [5, 5.41) is 0. The van der Waals surface area contributed by atoms with Gasteiger partial charge in [-0.05, 0) is 37.1 Å². The van der Waals surface area contributed by atoms with Gasteiger partial charge in [-0.3, -0.25) is 9.69 Å². The molecule has 0 aliphatic carbocycles. The van der Waals surface area contributed by atoms with E-state index in [4.69, 9.17) is 0 Å². The van der Waals surface area contributed by atoms with Gasteiger partial charge in [-0.15, -0.1) is 0 Å². The molecule has 1 unspecified atom stereocenters. The number of anilines is 2. The van der Waals surface area contributed by atoms with Crippen LogP contribution in [0.4, 0.5) is 15.8 Å². The van der Waals surface area contributed by atoms with Crippen molar-refractivity contribution < 1.29 is 9.18 Å². The van der Waals surface area contributed by atoms with Gasteiger partial charge in [0.1, 0.15) is 5.82 Å². The van der Waals surface area contributed by atoms with Crippen LogP contribution in [-0.4, -0.2) is 49.6 Å². The highest BCUT2D eigenvalue weighted by atomic mass is 19.1. The molecule has 2 aliphatic heterocycles. The van der Waals surface area contributed by atoms with Gasteiger partial charge < -0.3 is 9.80 Å². The molecule has 0 bridgehead atoms. The summed E-state index contributed by atoms with van der Waals surface area (Å²) in [7, 11) is 0. The molecule has 1 fully saturated rings. The third-order valence-corrected chi connectivity index (χ3v) is 5.57. The molecular weight excluding hydrogens is 329 g/mol. The van der Waals surface area contributed by atoms with E-state index in [1.807, 2.05) is 42.2 Å². The van der Waals surface area contributed by atoms with Crippen LogP contribution < -0.4 is 9.80 Å². The summed E-state index contributed by atoms with van der Waals surface area (Å²) < 4.78 is 14.0. The van der Waals surface area contributed by atoms with Crippen LogP contribution >= 0.6 is 0 Å². The number of para-hydroxylation sites is 2. The molecule has 2 aliphatic rings. The minimum Gasteiger partial charge on any atom is -0.367 e. The normalized spacial score (nSPS) is 18.7. The minimum atomic E-state index is -0.182. The molecule has 5 heteroatoms. The molecule has 2 heterocycles. The van der Waals surface area contributed by atoms with Crippen molar-refractivity contribution in [2.24, 2.45) is 0 Å². The number of fused-ring (bicyclic) bond motifs is 1. The molecule has 2 aromatic carbocycles. The van der Waals surface area contributed by atoms with Crippen molar-refractivity contribution in [3.63, 3.8) is 0 Å². The first kappa shape index (κ1) is 17.0. The number of halogens is 1. The third kappa shape index (κ3) is 3.07. The van der Waals surface area contributed by atoms with Gasteiger partial charge in [0, 0.05) is 38.4 Å². The Balaban J connectivity index is 1.40. The van der Waals surface area contributed by atoms with Gasteiger partial charge in [0.15, 0.2) is 0 Å². The molecule has 0 saturated carbocycles. The van der Waals surface area contributed by atoms with Gasteiger partial charge in [-0.1, -0.05) is 30.3 Å². The second-order valence-corrected chi connectivity index (χ2v) is 7.02. The number of carbonyl (C=O) groups is 1. The second kappa shape index (κ2) is 7.08. The highest BCUT2D eigenvalue weighted by Gasteiger charge is 2.32. The van der Waals surface area contributed by atoms with Crippen molar-refractivity contribution in [2.75, 3.05) is 42.5 Å². The maximum absolute atomic E-state index is 14.0. The summed E-state index contributed by atoms with van der Waals surface area (Å²) in [6.07, 6.45) is 0.926. The van der Waals surface area contributed by atoms with Gasteiger partial charge in [-0.25, -0.2) is 4.39 Å². The Bertz CT molecular complexity index is 801. The maximum atomic E-state index is 14.0. The van der Waals surface area contributed by atoms with Crippen molar-refractivity contribution in [3.8, 4) is 0 Å². The van der Waals surface area contributed by atoms with E-state index in [1.54, 1.807) is 6.07 Å². The van der Waals surface area contributed by atoms with Crippen LogP contribution in [0.5, 0.6) is 0 Å². The number of benzene rings is 2. The van der Waals surface area contributed by atoms with Crippen molar-refractivity contribution in [3.05, 3.63) is 59.9 Å². The van der Waals surface area contributed by atoms with Crippen LogP contribution in [0.15, 0.2) is 48.5 Å². The monoisotopic (exact) mass is 353 g/mol. The quantitative estimate of drug-likeness (QED) is 0.849. The molecule has 1 atom stereocenters. The van der Waals surface area contributed by atoms with Crippen molar-refractivity contribution in [1.82, 2.24) is 4.90 Å². The lowest BCUT2D eigenvalue weighted by atomic mass is 10.1. The third-order valence-electron chi connectivity index (χ3n) is 5.57. The van der Waals surface area contributed by atoms with E-state index in [9.17, 15) is 9.18 Å². The fourth-order valence-electron chi connectivity index (χ4n) is 4.01. The summed E-state index contributed by atoms with van der Waals surface area (Å²) >= 11 is 0. The van der Waals surface area contributed by atoms with Crippen LogP contribution in [0.3, 0.4) is 0 Å². The first-order valence-corrected chi connectivity index (χ1v) is 9.28. The fourth-order valence-corrected chi connectivity index (χ4v) is 4.01. The highest BCUT2D eigenvalue weighted by Crippen LogP contribution is 2.29.